The minimum Gasteiger partial charge on any atom is -0.478 e. The van der Waals surface area contributed by atoms with Gasteiger partial charge in [0.15, 0.2) is 0 Å². The second-order valence-corrected chi connectivity index (χ2v) is 5.22. The Kier molecular flexibility index (Phi) is 4.10. The summed E-state index contributed by atoms with van der Waals surface area (Å²) in [5.74, 6) is -1.25. The van der Waals surface area contributed by atoms with Gasteiger partial charge in [-0.1, -0.05) is 16.5 Å². The predicted molar refractivity (Wildman–Crippen MR) is 60.5 cm³/mol. The van der Waals surface area contributed by atoms with Gasteiger partial charge >= 0.3 is 5.97 Å². The Hall–Kier alpha value is -1.15. The molecule has 0 aliphatic heterocycles. The largest absolute Gasteiger partial charge is 0.478 e. The van der Waals surface area contributed by atoms with E-state index in [9.17, 15) is 13.2 Å². The molecule has 0 unspecified atom stereocenters. The highest BCUT2D eigenvalue weighted by atomic mass is 35.5. The van der Waals surface area contributed by atoms with E-state index in [1.165, 1.54) is 13.0 Å². The van der Waals surface area contributed by atoms with Crippen LogP contribution in [-0.4, -0.2) is 26.6 Å². The maximum absolute atomic E-state index is 11.7. The Morgan fingerprint density at radius 2 is 2.06 bits per heavy atom. The van der Waals surface area contributed by atoms with Crippen molar-refractivity contribution in [1.82, 2.24) is 4.89 Å². The first-order valence-electron chi connectivity index (χ1n) is 4.38. The van der Waals surface area contributed by atoms with Gasteiger partial charge in [-0.2, -0.15) is 0 Å². The Morgan fingerprint density at radius 3 is 2.53 bits per heavy atom. The summed E-state index contributed by atoms with van der Waals surface area (Å²) in [5.41, 5.74) is -0.0829. The summed E-state index contributed by atoms with van der Waals surface area (Å²) in [6.07, 6.45) is 0. The first kappa shape index (κ1) is 13.9. The smallest absolute Gasteiger partial charge is 0.336 e. The summed E-state index contributed by atoms with van der Waals surface area (Å²) in [7, 11) is -2.81. The zero-order valence-corrected chi connectivity index (χ0v) is 10.6. The van der Waals surface area contributed by atoms with Gasteiger partial charge in [0.1, 0.15) is 0 Å². The molecule has 6 nitrogen and oxygen atoms in total. The van der Waals surface area contributed by atoms with E-state index in [1.807, 2.05) is 0 Å². The number of carbonyl (C=O) groups is 1. The maximum Gasteiger partial charge on any atom is 0.336 e. The number of nitrogens with one attached hydrogen (secondary N) is 1. The predicted octanol–water partition coefficient (Wildman–Crippen LogP) is 1.19. The van der Waals surface area contributed by atoms with Gasteiger partial charge in [-0.15, -0.1) is 0 Å². The number of carboxylic acids is 1. The van der Waals surface area contributed by atoms with E-state index >= 15 is 0 Å². The summed E-state index contributed by atoms with van der Waals surface area (Å²) in [6, 6.07) is 2.34. The molecular formula is C9H10ClNO5S. The zero-order valence-electron chi connectivity index (χ0n) is 9.02. The SMILES string of the molecule is CONS(=O)(=O)c1cc(Cl)cc(C(=O)O)c1C. The van der Waals surface area contributed by atoms with E-state index in [1.54, 1.807) is 4.89 Å². The van der Waals surface area contributed by atoms with E-state index in [0.29, 0.717) is 0 Å². The third kappa shape index (κ3) is 2.95. The summed E-state index contributed by atoms with van der Waals surface area (Å²) in [6.45, 7) is 1.38. The molecule has 0 bridgehead atoms. The van der Waals surface area contributed by atoms with Crippen molar-refractivity contribution in [3.05, 3.63) is 28.3 Å². The summed E-state index contributed by atoms with van der Waals surface area (Å²) in [4.78, 5) is 16.8. The number of carboxylic acid groups (broad SMARTS) is 1. The molecule has 1 rings (SSSR count). The van der Waals surface area contributed by atoms with E-state index in [4.69, 9.17) is 16.7 Å². The standard InChI is InChI=1S/C9H10ClNO5S/c1-5-7(9(12)13)3-6(10)4-8(5)17(14,15)11-16-2/h3-4,11H,1-2H3,(H,12,13). The minimum atomic E-state index is -3.94. The fraction of sp³-hybridized carbons (Fsp3) is 0.222. The first-order valence-corrected chi connectivity index (χ1v) is 6.24. The first-order chi connectivity index (χ1) is 7.79. The third-order valence-electron chi connectivity index (χ3n) is 2.04. The highest BCUT2D eigenvalue weighted by Crippen LogP contribution is 2.24. The highest BCUT2D eigenvalue weighted by Gasteiger charge is 2.22. The number of benzene rings is 1. The fourth-order valence-corrected chi connectivity index (χ4v) is 2.70. The van der Waals surface area contributed by atoms with Gasteiger partial charge in [0.2, 0.25) is 0 Å². The van der Waals surface area contributed by atoms with Gasteiger partial charge in [-0.3, -0.25) is 4.84 Å². The van der Waals surface area contributed by atoms with Gasteiger partial charge in [0, 0.05) is 5.02 Å². The molecule has 2 N–H and O–H groups in total. The van der Waals surface area contributed by atoms with Gasteiger partial charge in [0.25, 0.3) is 10.0 Å². The van der Waals surface area contributed by atoms with Crippen molar-refractivity contribution in [1.29, 1.82) is 0 Å². The van der Waals surface area contributed by atoms with Crippen LogP contribution in [0.15, 0.2) is 17.0 Å². The molecule has 0 heterocycles. The molecule has 8 heteroatoms. The molecule has 0 saturated heterocycles. The van der Waals surface area contributed by atoms with Crippen molar-refractivity contribution >= 4 is 27.6 Å². The van der Waals surface area contributed by atoms with Crippen LogP contribution in [0, 0.1) is 6.92 Å². The number of rotatable bonds is 4. The number of aromatic carboxylic acids is 1. The summed E-state index contributed by atoms with van der Waals surface area (Å²) in [5, 5.41) is 8.92. The molecule has 0 aliphatic rings. The normalized spacial score (nSPS) is 11.5. The van der Waals surface area contributed by atoms with Crippen LogP contribution in [0.25, 0.3) is 0 Å². The lowest BCUT2D eigenvalue weighted by atomic mass is 10.1. The van der Waals surface area contributed by atoms with Crippen molar-refractivity contribution < 1.29 is 23.2 Å². The molecule has 0 radical (unpaired) electrons. The van der Waals surface area contributed by atoms with Crippen LogP contribution in [0.3, 0.4) is 0 Å². The van der Waals surface area contributed by atoms with Crippen molar-refractivity contribution in [3.8, 4) is 0 Å². The Morgan fingerprint density at radius 1 is 1.47 bits per heavy atom. The molecule has 0 atom stereocenters. The van der Waals surface area contributed by atoms with Crippen molar-refractivity contribution in [2.45, 2.75) is 11.8 Å². The number of hydrogen-bond acceptors (Lipinski definition) is 4. The molecule has 17 heavy (non-hydrogen) atoms. The van der Waals surface area contributed by atoms with Gasteiger partial charge in [-0.05, 0) is 24.6 Å². The average Bonchev–Trinajstić information content (AvgIpc) is 2.20. The molecule has 1 aromatic rings. The Balaban J connectivity index is 3.50. The second-order valence-electron chi connectivity index (χ2n) is 3.17. The maximum atomic E-state index is 11.7. The van der Waals surface area contributed by atoms with Crippen molar-refractivity contribution in [3.63, 3.8) is 0 Å². The Bertz CT molecular complexity index is 555. The molecule has 0 aromatic heterocycles. The van der Waals surface area contributed by atoms with Gasteiger partial charge in [0.05, 0.1) is 17.6 Å². The van der Waals surface area contributed by atoms with Gasteiger partial charge < -0.3 is 5.11 Å². The van der Waals surface area contributed by atoms with Crippen molar-refractivity contribution in [2.24, 2.45) is 0 Å². The van der Waals surface area contributed by atoms with E-state index < -0.39 is 16.0 Å². The molecule has 0 amide bonds. The quantitative estimate of drug-likeness (QED) is 0.808. The minimum absolute atomic E-state index is 0.0180. The zero-order chi connectivity index (χ0) is 13.2. The Labute approximate surface area is 103 Å². The lowest BCUT2D eigenvalue weighted by Crippen LogP contribution is -2.23. The lowest BCUT2D eigenvalue weighted by molar-refractivity contribution is 0.0695. The van der Waals surface area contributed by atoms with E-state index in [2.05, 4.69) is 4.84 Å². The fourth-order valence-electron chi connectivity index (χ4n) is 1.31. The van der Waals surface area contributed by atoms with Crippen LogP contribution in [0.2, 0.25) is 5.02 Å². The number of halogens is 1. The highest BCUT2D eigenvalue weighted by molar-refractivity contribution is 7.89. The monoisotopic (exact) mass is 279 g/mol. The van der Waals surface area contributed by atoms with Crippen LogP contribution < -0.4 is 4.89 Å². The molecular weight excluding hydrogens is 270 g/mol. The van der Waals surface area contributed by atoms with E-state index in [-0.39, 0.29) is 21.0 Å². The average molecular weight is 280 g/mol. The van der Waals surface area contributed by atoms with Crippen LogP contribution in [0.1, 0.15) is 15.9 Å². The topological polar surface area (TPSA) is 92.7 Å². The summed E-state index contributed by atoms with van der Waals surface area (Å²) < 4.78 is 23.4. The summed E-state index contributed by atoms with van der Waals surface area (Å²) >= 11 is 5.68. The van der Waals surface area contributed by atoms with Crippen LogP contribution >= 0.6 is 11.6 Å². The molecule has 0 fully saturated rings. The van der Waals surface area contributed by atoms with Crippen LogP contribution in [0.4, 0.5) is 0 Å². The molecule has 0 saturated carbocycles. The lowest BCUT2D eigenvalue weighted by Gasteiger charge is -2.10. The molecule has 94 valence electrons. The second kappa shape index (κ2) is 5.01. The number of hydrogen-bond donors (Lipinski definition) is 2. The van der Waals surface area contributed by atoms with Crippen LogP contribution in [0.5, 0.6) is 0 Å². The third-order valence-corrected chi connectivity index (χ3v) is 3.65. The molecule has 0 spiro atoms. The molecule has 1 aromatic carbocycles. The van der Waals surface area contributed by atoms with E-state index in [0.717, 1.165) is 13.2 Å². The number of sulfonamides is 1. The van der Waals surface area contributed by atoms with Gasteiger partial charge in [-0.25, -0.2) is 13.2 Å². The molecule has 0 aliphatic carbocycles. The van der Waals surface area contributed by atoms with Crippen molar-refractivity contribution in [2.75, 3.05) is 7.11 Å². The van der Waals surface area contributed by atoms with Crippen LogP contribution in [-0.2, 0) is 14.9 Å².